The summed E-state index contributed by atoms with van der Waals surface area (Å²) in [5.74, 6) is 1.38. The van der Waals surface area contributed by atoms with Crippen molar-refractivity contribution >= 4 is 40.9 Å². The first-order chi connectivity index (χ1) is 14.0. The van der Waals surface area contributed by atoms with E-state index < -0.39 is 0 Å². The van der Waals surface area contributed by atoms with Gasteiger partial charge in [-0.25, -0.2) is 0 Å². The van der Waals surface area contributed by atoms with Crippen molar-refractivity contribution in [3.05, 3.63) is 47.0 Å². The molecule has 1 N–H and O–H groups in total. The Kier molecular flexibility index (Phi) is 5.31. The molecular formula is C21H19ClN2O5. The predicted octanol–water partition coefficient (Wildman–Crippen LogP) is 3.86. The molecule has 0 atom stereocenters. The maximum absolute atomic E-state index is 12.4. The van der Waals surface area contributed by atoms with Gasteiger partial charge in [0.1, 0.15) is 5.75 Å². The van der Waals surface area contributed by atoms with Crippen molar-refractivity contribution < 1.29 is 23.8 Å². The van der Waals surface area contributed by atoms with Crippen LogP contribution in [0.1, 0.15) is 18.4 Å². The van der Waals surface area contributed by atoms with Gasteiger partial charge in [0.15, 0.2) is 11.5 Å². The van der Waals surface area contributed by atoms with Gasteiger partial charge in [-0.1, -0.05) is 11.6 Å². The number of carbonyl (C=O) groups is 2. The van der Waals surface area contributed by atoms with E-state index in [1.54, 1.807) is 48.4 Å². The average Bonchev–Trinajstić information content (AvgIpc) is 3.35. The van der Waals surface area contributed by atoms with Crippen molar-refractivity contribution in [2.24, 2.45) is 0 Å². The first kappa shape index (κ1) is 19.1. The number of nitrogens with zero attached hydrogens (tertiary/aromatic N) is 1. The van der Waals surface area contributed by atoms with Gasteiger partial charge in [0.25, 0.3) is 0 Å². The average molecular weight is 415 g/mol. The number of fused-ring (bicyclic) bond motifs is 1. The van der Waals surface area contributed by atoms with E-state index in [1.807, 2.05) is 0 Å². The quantitative estimate of drug-likeness (QED) is 0.752. The molecule has 29 heavy (non-hydrogen) atoms. The lowest BCUT2D eigenvalue weighted by Gasteiger charge is -2.20. The maximum atomic E-state index is 12.4. The molecule has 2 aliphatic rings. The summed E-state index contributed by atoms with van der Waals surface area (Å²) in [5.41, 5.74) is 1.94. The summed E-state index contributed by atoms with van der Waals surface area (Å²) in [6, 6.07) is 8.65. The minimum atomic E-state index is -0.317. The summed E-state index contributed by atoms with van der Waals surface area (Å²) in [4.78, 5) is 26.1. The van der Waals surface area contributed by atoms with Crippen LogP contribution in [-0.4, -0.2) is 32.3 Å². The minimum absolute atomic E-state index is 0.0476. The number of ether oxygens (including phenoxy) is 3. The third-order valence-corrected chi connectivity index (χ3v) is 4.97. The molecule has 0 unspecified atom stereocenters. The Balaban J connectivity index is 1.49. The van der Waals surface area contributed by atoms with E-state index in [2.05, 4.69) is 5.32 Å². The lowest BCUT2D eigenvalue weighted by molar-refractivity contribution is -0.117. The molecule has 1 saturated heterocycles. The van der Waals surface area contributed by atoms with Crippen LogP contribution in [0, 0.1) is 0 Å². The molecule has 0 aliphatic carbocycles. The zero-order chi connectivity index (χ0) is 20.4. The second-order valence-corrected chi connectivity index (χ2v) is 7.00. The fraction of sp³-hybridized carbons (Fsp3) is 0.238. The zero-order valence-corrected chi connectivity index (χ0v) is 16.5. The topological polar surface area (TPSA) is 77.1 Å². The molecule has 0 saturated carbocycles. The second-order valence-electron chi connectivity index (χ2n) is 6.59. The van der Waals surface area contributed by atoms with Gasteiger partial charge in [-0.3, -0.25) is 9.59 Å². The zero-order valence-electron chi connectivity index (χ0n) is 15.7. The number of nitrogens with one attached hydrogen (secondary N) is 1. The van der Waals surface area contributed by atoms with E-state index in [4.69, 9.17) is 25.8 Å². The number of halogens is 1. The van der Waals surface area contributed by atoms with Crippen molar-refractivity contribution in [3.63, 3.8) is 0 Å². The summed E-state index contributed by atoms with van der Waals surface area (Å²) in [5, 5.41) is 3.23. The monoisotopic (exact) mass is 414 g/mol. The SMILES string of the molecule is COc1ccc(NC(=O)/C=C/c2cc(Cl)c3c(c2)OCO3)cc1N1CCCC1=O. The largest absolute Gasteiger partial charge is 0.495 e. The number of amides is 2. The highest BCUT2D eigenvalue weighted by atomic mass is 35.5. The first-order valence-electron chi connectivity index (χ1n) is 9.12. The number of methoxy groups -OCH3 is 1. The van der Waals surface area contributed by atoms with E-state index in [9.17, 15) is 9.59 Å². The molecule has 7 nitrogen and oxygen atoms in total. The molecule has 0 bridgehead atoms. The molecular weight excluding hydrogens is 396 g/mol. The number of benzene rings is 2. The molecule has 2 heterocycles. The lowest BCUT2D eigenvalue weighted by Crippen LogP contribution is -2.24. The number of hydrogen-bond donors (Lipinski definition) is 1. The fourth-order valence-electron chi connectivity index (χ4n) is 3.32. The van der Waals surface area contributed by atoms with Gasteiger partial charge in [-0.15, -0.1) is 0 Å². The van der Waals surface area contributed by atoms with E-state index in [0.717, 1.165) is 6.42 Å². The Morgan fingerprint density at radius 1 is 1.28 bits per heavy atom. The van der Waals surface area contributed by atoms with Crippen molar-refractivity contribution in [2.45, 2.75) is 12.8 Å². The Morgan fingerprint density at radius 2 is 2.14 bits per heavy atom. The molecule has 1 fully saturated rings. The van der Waals surface area contributed by atoms with Gasteiger partial charge in [0.2, 0.25) is 18.6 Å². The van der Waals surface area contributed by atoms with Crippen LogP contribution in [-0.2, 0) is 9.59 Å². The van der Waals surface area contributed by atoms with Crippen LogP contribution in [0.25, 0.3) is 6.08 Å². The van der Waals surface area contributed by atoms with E-state index in [1.165, 1.54) is 6.08 Å². The van der Waals surface area contributed by atoms with E-state index in [-0.39, 0.29) is 18.6 Å². The number of hydrogen-bond acceptors (Lipinski definition) is 5. The van der Waals surface area contributed by atoms with Crippen molar-refractivity contribution in [1.29, 1.82) is 0 Å². The highest BCUT2D eigenvalue weighted by molar-refractivity contribution is 6.32. The molecule has 0 aromatic heterocycles. The summed E-state index contributed by atoms with van der Waals surface area (Å²) in [6.07, 6.45) is 4.36. The van der Waals surface area contributed by atoms with Crippen LogP contribution in [0.2, 0.25) is 5.02 Å². The highest BCUT2D eigenvalue weighted by Gasteiger charge is 2.25. The Morgan fingerprint density at radius 3 is 2.90 bits per heavy atom. The number of rotatable bonds is 5. The lowest BCUT2D eigenvalue weighted by atomic mass is 10.2. The summed E-state index contributed by atoms with van der Waals surface area (Å²) < 4.78 is 16.0. The van der Waals surface area contributed by atoms with Crippen LogP contribution in [0.5, 0.6) is 17.2 Å². The van der Waals surface area contributed by atoms with E-state index >= 15 is 0 Å². The van der Waals surface area contributed by atoms with Gasteiger partial charge in [0.05, 0.1) is 17.8 Å². The summed E-state index contributed by atoms with van der Waals surface area (Å²) >= 11 is 6.16. The summed E-state index contributed by atoms with van der Waals surface area (Å²) in [6.45, 7) is 0.763. The Labute approximate surface area is 172 Å². The predicted molar refractivity (Wildman–Crippen MR) is 110 cm³/mol. The van der Waals surface area contributed by atoms with Crippen molar-refractivity contribution in [3.8, 4) is 17.2 Å². The first-order valence-corrected chi connectivity index (χ1v) is 9.49. The van der Waals surface area contributed by atoms with Gasteiger partial charge >= 0.3 is 0 Å². The van der Waals surface area contributed by atoms with Crippen LogP contribution in [0.4, 0.5) is 11.4 Å². The molecule has 0 radical (unpaired) electrons. The van der Waals surface area contributed by atoms with Gasteiger partial charge in [0, 0.05) is 24.7 Å². The van der Waals surface area contributed by atoms with Crippen molar-refractivity contribution in [1.82, 2.24) is 0 Å². The molecule has 2 amide bonds. The highest BCUT2D eigenvalue weighted by Crippen LogP contribution is 2.40. The molecule has 4 rings (SSSR count). The van der Waals surface area contributed by atoms with E-state index in [0.29, 0.717) is 52.2 Å². The molecule has 2 aromatic carbocycles. The molecule has 2 aromatic rings. The molecule has 8 heteroatoms. The number of anilines is 2. The minimum Gasteiger partial charge on any atom is -0.495 e. The molecule has 2 aliphatic heterocycles. The van der Waals surface area contributed by atoms with Gasteiger partial charge < -0.3 is 24.4 Å². The Bertz CT molecular complexity index is 1000. The number of carbonyl (C=O) groups excluding carboxylic acids is 2. The third kappa shape index (κ3) is 4.00. The van der Waals surface area contributed by atoms with Crippen LogP contribution >= 0.6 is 11.6 Å². The molecule has 0 spiro atoms. The van der Waals surface area contributed by atoms with Crippen LogP contribution < -0.4 is 24.4 Å². The maximum Gasteiger partial charge on any atom is 0.248 e. The standard InChI is InChI=1S/C21H19ClN2O5/c1-27-17-6-5-14(11-16(17)24-8-2-3-20(24)26)23-19(25)7-4-13-9-15(22)21-18(10-13)28-12-29-21/h4-7,9-11H,2-3,8,12H2,1H3,(H,23,25)/b7-4+. The molecule has 150 valence electrons. The fourth-order valence-corrected chi connectivity index (χ4v) is 3.59. The van der Waals surface area contributed by atoms with Crippen LogP contribution in [0.15, 0.2) is 36.4 Å². The normalized spacial score (nSPS) is 15.2. The van der Waals surface area contributed by atoms with Crippen LogP contribution in [0.3, 0.4) is 0 Å². The third-order valence-electron chi connectivity index (χ3n) is 4.69. The van der Waals surface area contributed by atoms with Gasteiger partial charge in [-0.05, 0) is 48.4 Å². The van der Waals surface area contributed by atoms with Gasteiger partial charge in [-0.2, -0.15) is 0 Å². The van der Waals surface area contributed by atoms with Crippen molar-refractivity contribution in [2.75, 3.05) is 30.7 Å². The smallest absolute Gasteiger partial charge is 0.248 e. The Hall–Kier alpha value is -3.19. The summed E-state index contributed by atoms with van der Waals surface area (Å²) in [7, 11) is 1.55. The second kappa shape index (κ2) is 8.05.